The average molecular weight is 275 g/mol. The van der Waals surface area contributed by atoms with Gasteiger partial charge in [0, 0.05) is 25.3 Å². The molecule has 0 amide bonds. The van der Waals surface area contributed by atoms with Crippen LogP contribution in [0.2, 0.25) is 0 Å². The third-order valence-electron chi connectivity index (χ3n) is 3.06. The molecule has 0 spiro atoms. The molecule has 1 aromatic carbocycles. The molecule has 6 heteroatoms. The molecule has 6 N–H and O–H groups in total. The number of nitrogens with one attached hydrogen (secondary N) is 2. The van der Waals surface area contributed by atoms with Crippen molar-refractivity contribution in [1.29, 1.82) is 0 Å². The number of rotatable bonds is 7. The summed E-state index contributed by atoms with van der Waals surface area (Å²) in [6.07, 6.45) is 6.16. The van der Waals surface area contributed by atoms with Gasteiger partial charge in [0.15, 0.2) is 0 Å². The van der Waals surface area contributed by atoms with Crippen LogP contribution in [0, 0.1) is 0 Å². The number of anilines is 3. The third-order valence-corrected chi connectivity index (χ3v) is 3.06. The van der Waals surface area contributed by atoms with E-state index in [9.17, 15) is 0 Å². The molecule has 1 heterocycles. The van der Waals surface area contributed by atoms with Crippen LogP contribution >= 0.6 is 0 Å². The molecule has 0 aliphatic carbocycles. The minimum absolute atomic E-state index is 0.685. The second-order valence-electron chi connectivity index (χ2n) is 4.84. The number of aryl methyl sites for hydroxylation is 1. The standard InChI is InChI=1S/C14H23N6/c1-19-8-9-20(11-19)7-6-17-4-5-18-14-3-2-12(15)10-13(14)16/h2-3,8-11,17-18H,4-7,15-16H2,1H3/q+1. The zero-order valence-corrected chi connectivity index (χ0v) is 11.8. The van der Waals surface area contributed by atoms with Crippen molar-refractivity contribution in [3.8, 4) is 0 Å². The van der Waals surface area contributed by atoms with Gasteiger partial charge in [-0.1, -0.05) is 0 Å². The molecule has 0 saturated carbocycles. The van der Waals surface area contributed by atoms with Gasteiger partial charge in [0.05, 0.1) is 18.4 Å². The third kappa shape index (κ3) is 4.17. The maximum absolute atomic E-state index is 5.87. The molecule has 0 aliphatic rings. The zero-order valence-electron chi connectivity index (χ0n) is 11.8. The van der Waals surface area contributed by atoms with E-state index < -0.39 is 0 Å². The normalized spacial score (nSPS) is 10.7. The molecule has 0 unspecified atom stereocenters. The number of imidazole rings is 1. The van der Waals surface area contributed by atoms with Gasteiger partial charge >= 0.3 is 0 Å². The number of nitrogen functional groups attached to an aromatic ring is 2. The Kier molecular flexibility index (Phi) is 4.84. The molecule has 0 atom stereocenters. The Morgan fingerprint density at radius 3 is 2.75 bits per heavy atom. The first kappa shape index (κ1) is 14.2. The summed E-state index contributed by atoms with van der Waals surface area (Å²) in [4.78, 5) is 0. The smallest absolute Gasteiger partial charge is 0.243 e. The highest BCUT2D eigenvalue weighted by molar-refractivity contribution is 5.70. The molecule has 0 aliphatic heterocycles. The number of hydrogen-bond donors (Lipinski definition) is 4. The largest absolute Gasteiger partial charge is 0.399 e. The first-order valence-corrected chi connectivity index (χ1v) is 6.76. The zero-order chi connectivity index (χ0) is 14.4. The van der Waals surface area contributed by atoms with Crippen LogP contribution in [0.15, 0.2) is 36.9 Å². The lowest BCUT2D eigenvalue weighted by molar-refractivity contribution is -0.671. The SMILES string of the molecule is C[n+]1ccn(CCNCCNc2ccc(N)cc2N)c1. The molecule has 2 aromatic rings. The summed E-state index contributed by atoms with van der Waals surface area (Å²) in [6, 6.07) is 5.52. The van der Waals surface area contributed by atoms with Crippen LogP contribution in [0.5, 0.6) is 0 Å². The summed E-state index contributed by atoms with van der Waals surface area (Å²) in [7, 11) is 2.02. The van der Waals surface area contributed by atoms with Gasteiger partial charge in [-0.05, 0) is 18.2 Å². The van der Waals surface area contributed by atoms with Gasteiger partial charge in [-0.15, -0.1) is 0 Å². The van der Waals surface area contributed by atoms with Gasteiger partial charge in [-0.2, -0.15) is 0 Å². The van der Waals surface area contributed by atoms with E-state index in [2.05, 4.69) is 27.7 Å². The molecule has 0 bridgehead atoms. The Labute approximate surface area is 119 Å². The average Bonchev–Trinajstić information content (AvgIpc) is 2.81. The molecular formula is C14H23N6+. The maximum Gasteiger partial charge on any atom is 0.243 e. The van der Waals surface area contributed by atoms with E-state index in [-0.39, 0.29) is 0 Å². The number of nitrogens with two attached hydrogens (primary N) is 2. The van der Waals surface area contributed by atoms with E-state index in [0.717, 1.165) is 31.9 Å². The number of nitrogens with zero attached hydrogens (tertiary/aromatic N) is 2. The highest BCUT2D eigenvalue weighted by atomic mass is 15.1. The predicted molar refractivity (Wildman–Crippen MR) is 82.2 cm³/mol. The highest BCUT2D eigenvalue weighted by Gasteiger charge is 2.00. The van der Waals surface area contributed by atoms with Crippen molar-refractivity contribution in [2.45, 2.75) is 6.54 Å². The summed E-state index contributed by atoms with van der Waals surface area (Å²) in [5.74, 6) is 0. The van der Waals surface area contributed by atoms with E-state index in [1.807, 2.05) is 29.9 Å². The quantitative estimate of drug-likeness (QED) is 0.330. The van der Waals surface area contributed by atoms with Crippen molar-refractivity contribution in [3.05, 3.63) is 36.9 Å². The summed E-state index contributed by atoms with van der Waals surface area (Å²) in [6.45, 7) is 3.61. The van der Waals surface area contributed by atoms with Crippen molar-refractivity contribution < 1.29 is 4.57 Å². The second-order valence-corrected chi connectivity index (χ2v) is 4.84. The highest BCUT2D eigenvalue weighted by Crippen LogP contribution is 2.20. The number of benzene rings is 1. The first-order valence-electron chi connectivity index (χ1n) is 6.76. The molecule has 20 heavy (non-hydrogen) atoms. The number of hydrogen-bond acceptors (Lipinski definition) is 4. The molecule has 1 aromatic heterocycles. The lowest BCUT2D eigenvalue weighted by atomic mass is 10.2. The minimum Gasteiger partial charge on any atom is -0.399 e. The van der Waals surface area contributed by atoms with E-state index in [0.29, 0.717) is 11.4 Å². The Morgan fingerprint density at radius 2 is 2.05 bits per heavy atom. The lowest BCUT2D eigenvalue weighted by Crippen LogP contribution is -2.27. The molecular weight excluding hydrogens is 252 g/mol. The van der Waals surface area contributed by atoms with Crippen molar-refractivity contribution in [3.63, 3.8) is 0 Å². The molecule has 0 fully saturated rings. The number of aromatic nitrogens is 2. The van der Waals surface area contributed by atoms with Crippen LogP contribution in [0.25, 0.3) is 0 Å². The fourth-order valence-electron chi connectivity index (χ4n) is 1.99. The molecule has 6 nitrogen and oxygen atoms in total. The van der Waals surface area contributed by atoms with Gasteiger partial charge in [0.25, 0.3) is 0 Å². The molecule has 2 rings (SSSR count). The molecule has 108 valence electrons. The van der Waals surface area contributed by atoms with Gasteiger partial charge in [0.2, 0.25) is 6.33 Å². The molecule has 0 radical (unpaired) electrons. The van der Waals surface area contributed by atoms with Crippen LogP contribution in [-0.4, -0.2) is 24.2 Å². The van der Waals surface area contributed by atoms with Crippen LogP contribution < -0.4 is 26.7 Å². The van der Waals surface area contributed by atoms with Crippen LogP contribution in [-0.2, 0) is 13.6 Å². The topological polar surface area (TPSA) is 84.9 Å². The van der Waals surface area contributed by atoms with Gasteiger partial charge in [-0.25, -0.2) is 9.13 Å². The molecule has 0 saturated heterocycles. The van der Waals surface area contributed by atoms with Crippen molar-refractivity contribution in [2.75, 3.05) is 36.4 Å². The first-order chi connectivity index (χ1) is 9.65. The Hall–Kier alpha value is -2.21. The second kappa shape index (κ2) is 6.81. The summed E-state index contributed by atoms with van der Waals surface area (Å²) < 4.78 is 4.18. The van der Waals surface area contributed by atoms with E-state index in [1.165, 1.54) is 0 Å². The summed E-state index contributed by atoms with van der Waals surface area (Å²) in [5.41, 5.74) is 13.8. The maximum atomic E-state index is 5.87. The summed E-state index contributed by atoms with van der Waals surface area (Å²) >= 11 is 0. The summed E-state index contributed by atoms with van der Waals surface area (Å²) in [5, 5.41) is 6.68. The Morgan fingerprint density at radius 1 is 1.20 bits per heavy atom. The van der Waals surface area contributed by atoms with Gasteiger partial charge < -0.3 is 22.1 Å². The van der Waals surface area contributed by atoms with E-state index in [1.54, 1.807) is 6.07 Å². The predicted octanol–water partition coefficient (Wildman–Crippen LogP) is 0.179. The van der Waals surface area contributed by atoms with Gasteiger partial charge in [-0.3, -0.25) is 0 Å². The van der Waals surface area contributed by atoms with Crippen LogP contribution in [0.4, 0.5) is 17.1 Å². The lowest BCUT2D eigenvalue weighted by Gasteiger charge is -2.10. The van der Waals surface area contributed by atoms with Crippen molar-refractivity contribution >= 4 is 17.1 Å². The fourth-order valence-corrected chi connectivity index (χ4v) is 1.99. The van der Waals surface area contributed by atoms with E-state index in [4.69, 9.17) is 11.5 Å². The Balaban J connectivity index is 1.62. The van der Waals surface area contributed by atoms with Crippen LogP contribution in [0.3, 0.4) is 0 Å². The monoisotopic (exact) mass is 275 g/mol. The van der Waals surface area contributed by atoms with Crippen molar-refractivity contribution in [1.82, 2.24) is 9.88 Å². The van der Waals surface area contributed by atoms with Gasteiger partial charge in [0.1, 0.15) is 18.9 Å². The van der Waals surface area contributed by atoms with E-state index >= 15 is 0 Å². The Bertz CT molecular complexity index is 548. The minimum atomic E-state index is 0.685. The van der Waals surface area contributed by atoms with Crippen LogP contribution in [0.1, 0.15) is 0 Å². The fraction of sp³-hybridized carbons (Fsp3) is 0.357. The van der Waals surface area contributed by atoms with Crippen molar-refractivity contribution in [2.24, 2.45) is 7.05 Å².